The van der Waals surface area contributed by atoms with Gasteiger partial charge in [-0.3, -0.25) is 4.79 Å². The summed E-state index contributed by atoms with van der Waals surface area (Å²) in [6.07, 6.45) is 0. The summed E-state index contributed by atoms with van der Waals surface area (Å²) in [5, 5.41) is 9.28. The number of benzene rings is 1. The van der Waals surface area contributed by atoms with Crippen LogP contribution in [0.1, 0.15) is 16.7 Å². The van der Waals surface area contributed by atoms with Gasteiger partial charge in [0.05, 0.1) is 13.2 Å². The molecule has 1 aliphatic heterocycles. The van der Waals surface area contributed by atoms with Gasteiger partial charge >= 0.3 is 5.97 Å². The van der Waals surface area contributed by atoms with Crippen molar-refractivity contribution in [2.45, 2.75) is 20.4 Å². The number of carbonyl (C=O) groups is 1. The zero-order valence-electron chi connectivity index (χ0n) is 11.8. The number of hydrogen-bond acceptors (Lipinski definition) is 3. The Hall–Kier alpha value is -1.39. The molecule has 104 valence electrons. The monoisotopic (exact) mass is 263 g/mol. The molecule has 0 bridgehead atoms. The second kappa shape index (κ2) is 5.31. The first kappa shape index (κ1) is 14.0. The highest BCUT2D eigenvalue weighted by molar-refractivity contribution is 5.76. The lowest BCUT2D eigenvalue weighted by Crippen LogP contribution is -2.55. The summed E-state index contributed by atoms with van der Waals surface area (Å²) >= 11 is 0. The van der Waals surface area contributed by atoms with E-state index in [0.717, 1.165) is 6.54 Å². The molecule has 0 aliphatic carbocycles. The molecule has 1 aromatic rings. The summed E-state index contributed by atoms with van der Waals surface area (Å²) in [6, 6.07) is 6.37. The molecular formula is C15H21NO3. The van der Waals surface area contributed by atoms with Crippen LogP contribution in [0, 0.1) is 19.3 Å². The maximum absolute atomic E-state index is 11.3. The molecular weight excluding hydrogens is 242 g/mol. The van der Waals surface area contributed by atoms with Gasteiger partial charge in [0.25, 0.3) is 0 Å². The molecule has 1 aromatic carbocycles. The summed E-state index contributed by atoms with van der Waals surface area (Å²) in [7, 11) is 1.96. The van der Waals surface area contributed by atoms with Gasteiger partial charge in [-0.1, -0.05) is 23.8 Å². The molecule has 0 saturated carbocycles. The molecule has 1 N–H and O–H groups in total. The highest BCUT2D eigenvalue weighted by atomic mass is 16.5. The first-order valence-electron chi connectivity index (χ1n) is 6.49. The average Bonchev–Trinajstić information content (AvgIpc) is 2.27. The standard InChI is InChI=1S/C15H21NO3/c1-11-4-5-13(12(2)6-11)7-16(3)8-15(14(17)18)9-19-10-15/h4-6H,7-10H2,1-3H3,(H,17,18). The van der Waals surface area contributed by atoms with E-state index < -0.39 is 11.4 Å². The number of ether oxygens (including phenoxy) is 1. The van der Waals surface area contributed by atoms with Crippen LogP contribution in [-0.4, -0.2) is 42.8 Å². The fourth-order valence-corrected chi connectivity index (χ4v) is 2.52. The van der Waals surface area contributed by atoms with E-state index in [0.29, 0.717) is 19.8 Å². The average molecular weight is 263 g/mol. The van der Waals surface area contributed by atoms with Crippen molar-refractivity contribution in [3.05, 3.63) is 34.9 Å². The number of hydrogen-bond donors (Lipinski definition) is 1. The van der Waals surface area contributed by atoms with Gasteiger partial charge < -0.3 is 14.7 Å². The summed E-state index contributed by atoms with van der Waals surface area (Å²) in [5.74, 6) is -0.758. The number of carboxylic acid groups (broad SMARTS) is 1. The molecule has 0 atom stereocenters. The third-order valence-electron chi connectivity index (χ3n) is 3.72. The van der Waals surface area contributed by atoms with E-state index in [2.05, 4.69) is 36.9 Å². The molecule has 0 aromatic heterocycles. The first-order chi connectivity index (χ1) is 8.93. The first-order valence-corrected chi connectivity index (χ1v) is 6.49. The fraction of sp³-hybridized carbons (Fsp3) is 0.533. The molecule has 1 fully saturated rings. The Labute approximate surface area is 114 Å². The van der Waals surface area contributed by atoms with Crippen LogP contribution in [0.4, 0.5) is 0 Å². The molecule has 1 aliphatic rings. The predicted octanol–water partition coefficient (Wildman–Crippen LogP) is 1.84. The van der Waals surface area contributed by atoms with Crippen LogP contribution in [0.2, 0.25) is 0 Å². The van der Waals surface area contributed by atoms with Crippen molar-refractivity contribution in [2.75, 3.05) is 26.8 Å². The van der Waals surface area contributed by atoms with E-state index in [-0.39, 0.29) is 0 Å². The van der Waals surface area contributed by atoms with Crippen LogP contribution in [0.3, 0.4) is 0 Å². The second-order valence-corrected chi connectivity index (χ2v) is 5.68. The van der Waals surface area contributed by atoms with Crippen molar-refractivity contribution >= 4 is 5.97 Å². The van der Waals surface area contributed by atoms with E-state index >= 15 is 0 Å². The topological polar surface area (TPSA) is 49.8 Å². The minimum Gasteiger partial charge on any atom is -0.481 e. The van der Waals surface area contributed by atoms with E-state index in [1.807, 2.05) is 7.05 Å². The molecule has 1 heterocycles. The second-order valence-electron chi connectivity index (χ2n) is 5.68. The zero-order chi connectivity index (χ0) is 14.0. The third-order valence-corrected chi connectivity index (χ3v) is 3.72. The molecule has 4 heteroatoms. The Kier molecular flexibility index (Phi) is 3.92. The zero-order valence-corrected chi connectivity index (χ0v) is 11.8. The van der Waals surface area contributed by atoms with Crippen LogP contribution in [0.15, 0.2) is 18.2 Å². The van der Waals surface area contributed by atoms with Crippen LogP contribution < -0.4 is 0 Å². The Morgan fingerprint density at radius 3 is 2.58 bits per heavy atom. The quantitative estimate of drug-likeness (QED) is 0.880. The van der Waals surface area contributed by atoms with Crippen molar-refractivity contribution in [3.8, 4) is 0 Å². The van der Waals surface area contributed by atoms with Crippen molar-refractivity contribution in [1.29, 1.82) is 0 Å². The maximum Gasteiger partial charge on any atom is 0.315 e. The Morgan fingerprint density at radius 2 is 2.11 bits per heavy atom. The highest BCUT2D eigenvalue weighted by Gasteiger charge is 2.46. The minimum absolute atomic E-state index is 0.319. The van der Waals surface area contributed by atoms with Gasteiger partial charge in [-0.2, -0.15) is 0 Å². The molecule has 0 radical (unpaired) electrons. The summed E-state index contributed by atoms with van der Waals surface area (Å²) < 4.78 is 5.08. The normalized spacial score (nSPS) is 17.3. The van der Waals surface area contributed by atoms with Gasteiger partial charge in [-0.25, -0.2) is 0 Å². The largest absolute Gasteiger partial charge is 0.481 e. The molecule has 2 rings (SSSR count). The number of aryl methyl sites for hydroxylation is 2. The van der Waals surface area contributed by atoms with Crippen molar-refractivity contribution in [3.63, 3.8) is 0 Å². The fourth-order valence-electron chi connectivity index (χ4n) is 2.52. The van der Waals surface area contributed by atoms with Gasteiger partial charge in [0.1, 0.15) is 5.41 Å². The van der Waals surface area contributed by atoms with Crippen LogP contribution in [-0.2, 0) is 16.1 Å². The summed E-state index contributed by atoms with van der Waals surface area (Å²) in [5.41, 5.74) is 3.03. The number of carboxylic acids is 1. The lowest BCUT2D eigenvalue weighted by Gasteiger charge is -2.40. The van der Waals surface area contributed by atoms with Crippen molar-refractivity contribution in [1.82, 2.24) is 4.90 Å². The molecule has 0 spiro atoms. The molecule has 1 saturated heterocycles. The molecule has 0 unspecified atom stereocenters. The number of aliphatic carboxylic acids is 1. The van der Waals surface area contributed by atoms with Crippen molar-refractivity contribution in [2.24, 2.45) is 5.41 Å². The predicted molar refractivity (Wildman–Crippen MR) is 73.1 cm³/mol. The van der Waals surface area contributed by atoms with Gasteiger partial charge in [0.15, 0.2) is 0 Å². The maximum atomic E-state index is 11.3. The molecule has 19 heavy (non-hydrogen) atoms. The number of rotatable bonds is 5. The SMILES string of the molecule is Cc1ccc(CN(C)CC2(C(=O)O)COC2)c(C)c1. The van der Waals surface area contributed by atoms with Gasteiger partial charge in [0, 0.05) is 13.1 Å². The molecule has 4 nitrogen and oxygen atoms in total. The third kappa shape index (κ3) is 2.96. The minimum atomic E-state index is -0.758. The van der Waals surface area contributed by atoms with E-state index in [9.17, 15) is 9.90 Å². The van der Waals surface area contributed by atoms with Crippen LogP contribution in [0.25, 0.3) is 0 Å². The van der Waals surface area contributed by atoms with Gasteiger partial charge in [-0.05, 0) is 32.0 Å². The van der Waals surface area contributed by atoms with E-state index in [1.54, 1.807) is 0 Å². The Balaban J connectivity index is 2.01. The lowest BCUT2D eigenvalue weighted by atomic mass is 9.85. The Bertz CT molecular complexity index is 480. The lowest BCUT2D eigenvalue weighted by molar-refractivity contribution is -0.183. The van der Waals surface area contributed by atoms with Crippen molar-refractivity contribution < 1.29 is 14.6 Å². The highest BCUT2D eigenvalue weighted by Crippen LogP contribution is 2.29. The molecule has 0 amide bonds. The smallest absolute Gasteiger partial charge is 0.315 e. The van der Waals surface area contributed by atoms with Crippen LogP contribution >= 0.6 is 0 Å². The van der Waals surface area contributed by atoms with Crippen LogP contribution in [0.5, 0.6) is 0 Å². The Morgan fingerprint density at radius 1 is 1.42 bits per heavy atom. The number of nitrogens with zero attached hydrogens (tertiary/aromatic N) is 1. The van der Waals surface area contributed by atoms with Gasteiger partial charge in [0.2, 0.25) is 0 Å². The van der Waals surface area contributed by atoms with E-state index in [4.69, 9.17) is 4.74 Å². The van der Waals surface area contributed by atoms with E-state index in [1.165, 1.54) is 16.7 Å². The summed E-state index contributed by atoms with van der Waals surface area (Å²) in [6.45, 7) is 6.09. The summed E-state index contributed by atoms with van der Waals surface area (Å²) in [4.78, 5) is 13.4. The van der Waals surface area contributed by atoms with Gasteiger partial charge in [-0.15, -0.1) is 0 Å².